The standard InChI is InChI=1S/C15H23NO/c1-5-16-14(10-12(2)3)11-13-8-6-7-9-15(13)17-4/h6-10,14,16H,5,11H2,1-4H3. The zero-order valence-electron chi connectivity index (χ0n) is 11.3. The van der Waals surface area contributed by atoms with Crippen molar-refractivity contribution in [2.24, 2.45) is 0 Å². The van der Waals surface area contributed by atoms with Crippen molar-refractivity contribution in [3.63, 3.8) is 0 Å². The second kappa shape index (κ2) is 7.13. The number of ether oxygens (including phenoxy) is 1. The van der Waals surface area contributed by atoms with Gasteiger partial charge in [0, 0.05) is 6.04 Å². The number of allylic oxidation sites excluding steroid dienone is 1. The fourth-order valence-corrected chi connectivity index (χ4v) is 1.96. The van der Waals surface area contributed by atoms with Crippen LogP contribution in [0.2, 0.25) is 0 Å². The molecule has 1 aromatic rings. The molecule has 1 aromatic carbocycles. The van der Waals surface area contributed by atoms with E-state index in [1.807, 2.05) is 12.1 Å². The Hall–Kier alpha value is -1.28. The van der Waals surface area contributed by atoms with Gasteiger partial charge in [-0.15, -0.1) is 0 Å². The number of likely N-dealkylation sites (N-methyl/N-ethyl adjacent to an activating group) is 1. The van der Waals surface area contributed by atoms with Crippen LogP contribution in [0, 0.1) is 0 Å². The normalized spacial score (nSPS) is 12.0. The van der Waals surface area contributed by atoms with Gasteiger partial charge in [-0.1, -0.05) is 36.8 Å². The summed E-state index contributed by atoms with van der Waals surface area (Å²) < 4.78 is 5.38. The predicted octanol–water partition coefficient (Wildman–Crippen LogP) is 3.18. The van der Waals surface area contributed by atoms with E-state index >= 15 is 0 Å². The van der Waals surface area contributed by atoms with Gasteiger partial charge in [0.15, 0.2) is 0 Å². The summed E-state index contributed by atoms with van der Waals surface area (Å²) in [6.45, 7) is 7.37. The Bertz CT molecular complexity index is 367. The summed E-state index contributed by atoms with van der Waals surface area (Å²) in [5, 5.41) is 3.48. The molecule has 0 heterocycles. The smallest absolute Gasteiger partial charge is 0.122 e. The van der Waals surface area contributed by atoms with Crippen molar-refractivity contribution < 1.29 is 4.74 Å². The molecule has 0 amide bonds. The third kappa shape index (κ3) is 4.61. The van der Waals surface area contributed by atoms with Crippen molar-refractivity contribution in [3.8, 4) is 5.75 Å². The molecule has 0 aliphatic rings. The molecule has 0 aromatic heterocycles. The molecule has 2 heteroatoms. The topological polar surface area (TPSA) is 21.3 Å². The Labute approximate surface area is 105 Å². The maximum atomic E-state index is 5.38. The molecule has 0 aliphatic heterocycles. The second-order valence-corrected chi connectivity index (χ2v) is 4.42. The molecule has 0 aliphatic carbocycles. The molecule has 17 heavy (non-hydrogen) atoms. The monoisotopic (exact) mass is 233 g/mol. The van der Waals surface area contributed by atoms with Crippen molar-refractivity contribution in [3.05, 3.63) is 41.5 Å². The highest BCUT2D eigenvalue weighted by molar-refractivity contribution is 5.34. The van der Waals surface area contributed by atoms with E-state index < -0.39 is 0 Å². The number of rotatable bonds is 6. The maximum Gasteiger partial charge on any atom is 0.122 e. The maximum absolute atomic E-state index is 5.38. The first-order chi connectivity index (χ1) is 8.17. The van der Waals surface area contributed by atoms with E-state index in [4.69, 9.17) is 4.74 Å². The highest BCUT2D eigenvalue weighted by atomic mass is 16.5. The average molecular weight is 233 g/mol. The fourth-order valence-electron chi connectivity index (χ4n) is 1.96. The molecular formula is C15H23NO. The first-order valence-electron chi connectivity index (χ1n) is 6.17. The lowest BCUT2D eigenvalue weighted by molar-refractivity contribution is 0.407. The predicted molar refractivity (Wildman–Crippen MR) is 73.6 cm³/mol. The van der Waals surface area contributed by atoms with E-state index in [2.05, 4.69) is 44.3 Å². The third-order valence-corrected chi connectivity index (χ3v) is 2.63. The highest BCUT2D eigenvalue weighted by Gasteiger charge is 2.08. The fraction of sp³-hybridized carbons (Fsp3) is 0.467. The largest absolute Gasteiger partial charge is 0.496 e. The van der Waals surface area contributed by atoms with Crippen molar-refractivity contribution in [2.45, 2.75) is 33.2 Å². The molecule has 1 rings (SSSR count). The van der Waals surface area contributed by atoms with E-state index in [0.717, 1.165) is 18.7 Å². The number of para-hydroxylation sites is 1. The summed E-state index contributed by atoms with van der Waals surface area (Å²) in [4.78, 5) is 0. The minimum Gasteiger partial charge on any atom is -0.496 e. The minimum absolute atomic E-state index is 0.376. The molecule has 0 radical (unpaired) electrons. The van der Waals surface area contributed by atoms with Gasteiger partial charge in [0.2, 0.25) is 0 Å². The second-order valence-electron chi connectivity index (χ2n) is 4.42. The van der Waals surface area contributed by atoms with Crippen molar-refractivity contribution in [1.82, 2.24) is 5.32 Å². The number of hydrogen-bond acceptors (Lipinski definition) is 2. The highest BCUT2D eigenvalue weighted by Crippen LogP contribution is 2.19. The van der Waals surface area contributed by atoms with Crippen molar-refractivity contribution in [1.29, 1.82) is 0 Å². The Morgan fingerprint density at radius 3 is 2.65 bits per heavy atom. The van der Waals surface area contributed by atoms with Gasteiger partial charge in [-0.3, -0.25) is 0 Å². The SMILES string of the molecule is CCNC(C=C(C)C)Cc1ccccc1OC. The van der Waals surface area contributed by atoms with Gasteiger partial charge in [-0.25, -0.2) is 0 Å². The van der Waals surface area contributed by atoms with Crippen LogP contribution in [0.15, 0.2) is 35.9 Å². The Balaban J connectivity index is 2.81. The summed E-state index contributed by atoms with van der Waals surface area (Å²) in [5.74, 6) is 0.970. The van der Waals surface area contributed by atoms with Gasteiger partial charge in [-0.2, -0.15) is 0 Å². The van der Waals surface area contributed by atoms with Crippen LogP contribution in [0.4, 0.5) is 0 Å². The van der Waals surface area contributed by atoms with Crippen LogP contribution < -0.4 is 10.1 Å². The first-order valence-corrected chi connectivity index (χ1v) is 6.17. The lowest BCUT2D eigenvalue weighted by Crippen LogP contribution is -2.29. The minimum atomic E-state index is 0.376. The molecule has 1 unspecified atom stereocenters. The molecule has 0 fully saturated rings. The number of benzene rings is 1. The number of nitrogens with one attached hydrogen (secondary N) is 1. The lowest BCUT2D eigenvalue weighted by Gasteiger charge is -2.16. The third-order valence-electron chi connectivity index (χ3n) is 2.63. The van der Waals surface area contributed by atoms with Crippen LogP contribution >= 0.6 is 0 Å². The number of hydrogen-bond donors (Lipinski definition) is 1. The summed E-state index contributed by atoms with van der Waals surface area (Å²) in [6.07, 6.45) is 3.24. The Morgan fingerprint density at radius 1 is 1.35 bits per heavy atom. The van der Waals surface area contributed by atoms with Gasteiger partial charge in [0.1, 0.15) is 5.75 Å². The van der Waals surface area contributed by atoms with Gasteiger partial charge >= 0.3 is 0 Å². The van der Waals surface area contributed by atoms with Crippen molar-refractivity contribution in [2.75, 3.05) is 13.7 Å². The van der Waals surface area contributed by atoms with Gasteiger partial charge in [0.25, 0.3) is 0 Å². The summed E-state index contributed by atoms with van der Waals surface area (Å²) >= 11 is 0. The molecule has 0 saturated heterocycles. The van der Waals surface area contributed by atoms with E-state index in [9.17, 15) is 0 Å². The summed E-state index contributed by atoms with van der Waals surface area (Å²) in [6, 6.07) is 8.58. The summed E-state index contributed by atoms with van der Waals surface area (Å²) in [7, 11) is 1.72. The molecule has 1 N–H and O–H groups in total. The van der Waals surface area contributed by atoms with Gasteiger partial charge in [-0.05, 0) is 38.4 Å². The molecule has 1 atom stereocenters. The van der Waals surface area contributed by atoms with E-state index in [0.29, 0.717) is 6.04 Å². The molecule has 0 saturated carbocycles. The van der Waals surface area contributed by atoms with Crippen molar-refractivity contribution >= 4 is 0 Å². The lowest BCUT2D eigenvalue weighted by atomic mass is 10.0. The van der Waals surface area contributed by atoms with E-state index in [1.165, 1.54) is 11.1 Å². The molecule has 94 valence electrons. The average Bonchev–Trinajstić information content (AvgIpc) is 2.29. The molecular weight excluding hydrogens is 210 g/mol. The quantitative estimate of drug-likeness (QED) is 0.762. The van der Waals surface area contributed by atoms with Crippen LogP contribution in [0.3, 0.4) is 0 Å². The zero-order valence-corrected chi connectivity index (χ0v) is 11.3. The zero-order chi connectivity index (χ0) is 12.7. The van der Waals surface area contributed by atoms with Crippen LogP contribution in [-0.2, 0) is 6.42 Å². The number of methoxy groups -OCH3 is 1. The van der Waals surface area contributed by atoms with Gasteiger partial charge < -0.3 is 10.1 Å². The molecule has 0 spiro atoms. The molecule has 0 bridgehead atoms. The first kappa shape index (κ1) is 13.8. The van der Waals surface area contributed by atoms with Crippen LogP contribution in [-0.4, -0.2) is 19.7 Å². The Kier molecular flexibility index (Phi) is 5.78. The van der Waals surface area contributed by atoms with Gasteiger partial charge in [0.05, 0.1) is 7.11 Å². The van der Waals surface area contributed by atoms with E-state index in [-0.39, 0.29) is 0 Å². The van der Waals surface area contributed by atoms with E-state index in [1.54, 1.807) is 7.11 Å². The molecule has 2 nitrogen and oxygen atoms in total. The van der Waals surface area contributed by atoms with Crippen LogP contribution in [0.25, 0.3) is 0 Å². The van der Waals surface area contributed by atoms with Crippen LogP contribution in [0.5, 0.6) is 5.75 Å². The van der Waals surface area contributed by atoms with Crippen LogP contribution in [0.1, 0.15) is 26.3 Å². The summed E-state index contributed by atoms with van der Waals surface area (Å²) in [5.41, 5.74) is 2.59. The Morgan fingerprint density at radius 2 is 2.06 bits per heavy atom.